The third-order valence-electron chi connectivity index (χ3n) is 5.00. The second kappa shape index (κ2) is 7.95. The van der Waals surface area contributed by atoms with Crippen LogP contribution in [-0.2, 0) is 4.74 Å². The average molecular weight is 507 g/mol. The minimum atomic E-state index is -0.360. The highest BCUT2D eigenvalue weighted by Crippen LogP contribution is 2.38. The van der Waals surface area contributed by atoms with Gasteiger partial charge < -0.3 is 10.1 Å². The molecule has 30 heavy (non-hydrogen) atoms. The van der Waals surface area contributed by atoms with Crippen molar-refractivity contribution in [2.24, 2.45) is 5.41 Å². The number of benzene rings is 2. The second-order valence-electron chi connectivity index (χ2n) is 8.27. The highest BCUT2D eigenvalue weighted by molar-refractivity contribution is 9.10. The fourth-order valence-corrected chi connectivity index (χ4v) is 4.16. The van der Waals surface area contributed by atoms with E-state index in [2.05, 4.69) is 46.6 Å². The molecule has 156 valence electrons. The molecule has 0 fully saturated rings. The molecular weight excluding hydrogens is 485 g/mol. The Bertz CT molecular complexity index is 1130. The van der Waals surface area contributed by atoms with Crippen LogP contribution in [0.15, 0.2) is 58.9 Å². The molecule has 4 nitrogen and oxygen atoms in total. The van der Waals surface area contributed by atoms with Gasteiger partial charge in [0.15, 0.2) is 0 Å². The fraction of sp³-hybridized carbons (Fsp3) is 0.261. The Hall–Kier alpha value is -1.95. The quantitative estimate of drug-likeness (QED) is 0.401. The molecule has 0 aliphatic carbocycles. The van der Waals surface area contributed by atoms with Crippen molar-refractivity contribution in [2.45, 2.75) is 33.9 Å². The van der Waals surface area contributed by atoms with Crippen LogP contribution in [0, 0.1) is 12.3 Å². The first-order valence-corrected chi connectivity index (χ1v) is 11.1. The number of allylic oxidation sites excluding steroid dienone is 1. The highest BCUT2D eigenvalue weighted by Gasteiger charge is 2.32. The molecule has 0 amide bonds. The summed E-state index contributed by atoms with van der Waals surface area (Å²) in [4.78, 5) is 4.97. The molecule has 1 atom stereocenters. The van der Waals surface area contributed by atoms with Crippen LogP contribution < -0.4 is 5.32 Å². The normalized spacial score (nSPS) is 16.2. The smallest absolute Gasteiger partial charge is 0.214 e. The fourth-order valence-electron chi connectivity index (χ4n) is 3.40. The lowest BCUT2D eigenvalue weighted by Crippen LogP contribution is -2.15. The van der Waals surface area contributed by atoms with Crippen molar-refractivity contribution in [1.82, 2.24) is 14.9 Å². The van der Waals surface area contributed by atoms with Crippen molar-refractivity contribution in [3.8, 4) is 17.1 Å². The zero-order chi connectivity index (χ0) is 21.6. The zero-order valence-corrected chi connectivity index (χ0v) is 20.2. The molecule has 3 aromatic rings. The van der Waals surface area contributed by atoms with E-state index < -0.39 is 0 Å². The van der Waals surface area contributed by atoms with Crippen molar-refractivity contribution < 1.29 is 4.74 Å². The molecule has 1 N–H and O–H groups in total. The number of rotatable bonds is 3. The van der Waals surface area contributed by atoms with Crippen molar-refractivity contribution in [3.05, 3.63) is 80.3 Å². The minimum Gasteiger partial charge on any atom is -0.467 e. The SMILES string of the molecule is Cc1c(C2NC=C(C(C)(C)C)O2)nc(-c2ccc(Cl)cc2Cl)n1-c1ccc(Br)cc1. The van der Waals surface area contributed by atoms with E-state index in [-0.39, 0.29) is 11.6 Å². The Kier molecular flexibility index (Phi) is 5.64. The summed E-state index contributed by atoms with van der Waals surface area (Å²) in [6, 6.07) is 13.5. The molecule has 2 heterocycles. The number of hydrogen-bond acceptors (Lipinski definition) is 3. The maximum Gasteiger partial charge on any atom is 0.214 e. The van der Waals surface area contributed by atoms with Crippen LogP contribution in [0.5, 0.6) is 0 Å². The summed E-state index contributed by atoms with van der Waals surface area (Å²) in [5.41, 5.74) is 3.48. The van der Waals surface area contributed by atoms with Gasteiger partial charge in [-0.3, -0.25) is 4.57 Å². The monoisotopic (exact) mass is 505 g/mol. The number of aromatic nitrogens is 2. The van der Waals surface area contributed by atoms with Gasteiger partial charge in [-0.2, -0.15) is 0 Å². The standard InChI is InChI=1S/C23H22BrCl2N3O/c1-13-20(22-27-12-19(30-22)23(2,3)4)28-21(17-10-7-15(25)11-18(17)26)29(13)16-8-5-14(24)6-9-16/h5-12,22,27H,1-4H3. The Morgan fingerprint density at radius 1 is 1.10 bits per heavy atom. The summed E-state index contributed by atoms with van der Waals surface area (Å²) >= 11 is 16.2. The van der Waals surface area contributed by atoms with Crippen molar-refractivity contribution in [1.29, 1.82) is 0 Å². The maximum atomic E-state index is 6.55. The van der Waals surface area contributed by atoms with Gasteiger partial charge in [0.25, 0.3) is 0 Å². The molecule has 0 saturated carbocycles. The summed E-state index contributed by atoms with van der Waals surface area (Å²) in [6.07, 6.45) is 1.57. The van der Waals surface area contributed by atoms with Gasteiger partial charge in [-0.25, -0.2) is 4.98 Å². The molecule has 0 bridgehead atoms. The Labute approximate surface area is 195 Å². The van der Waals surface area contributed by atoms with Gasteiger partial charge in [0, 0.05) is 38.1 Å². The van der Waals surface area contributed by atoms with Crippen LogP contribution in [-0.4, -0.2) is 9.55 Å². The zero-order valence-electron chi connectivity index (χ0n) is 17.1. The average Bonchev–Trinajstić information content (AvgIpc) is 3.28. The molecular formula is C23H22BrCl2N3O. The molecule has 2 aromatic carbocycles. The van der Waals surface area contributed by atoms with Gasteiger partial charge in [0.05, 0.1) is 5.02 Å². The highest BCUT2D eigenvalue weighted by atomic mass is 79.9. The van der Waals surface area contributed by atoms with Crippen LogP contribution >= 0.6 is 39.1 Å². The molecule has 1 unspecified atom stereocenters. The van der Waals surface area contributed by atoms with Crippen LogP contribution in [0.25, 0.3) is 17.1 Å². The third kappa shape index (κ3) is 3.98. The summed E-state index contributed by atoms with van der Waals surface area (Å²) in [5.74, 6) is 1.64. The van der Waals surface area contributed by atoms with Gasteiger partial charge in [-0.15, -0.1) is 0 Å². The second-order valence-corrected chi connectivity index (χ2v) is 10.0. The first kappa shape index (κ1) is 21.3. The molecule has 1 aromatic heterocycles. The molecule has 1 aliphatic heterocycles. The maximum absolute atomic E-state index is 6.55. The van der Waals surface area contributed by atoms with E-state index >= 15 is 0 Å². The van der Waals surface area contributed by atoms with E-state index in [0.717, 1.165) is 38.7 Å². The number of halogens is 3. The largest absolute Gasteiger partial charge is 0.467 e. The summed E-state index contributed by atoms with van der Waals surface area (Å²) < 4.78 is 9.32. The van der Waals surface area contributed by atoms with Crippen LogP contribution in [0.2, 0.25) is 10.0 Å². The Balaban J connectivity index is 1.85. The van der Waals surface area contributed by atoms with E-state index in [1.54, 1.807) is 6.07 Å². The third-order valence-corrected chi connectivity index (χ3v) is 6.08. The molecule has 0 spiro atoms. The van der Waals surface area contributed by atoms with Gasteiger partial charge in [-0.1, -0.05) is 59.9 Å². The molecule has 0 radical (unpaired) electrons. The number of imidazole rings is 1. The van der Waals surface area contributed by atoms with Crippen LogP contribution in [0.3, 0.4) is 0 Å². The van der Waals surface area contributed by atoms with E-state index in [1.807, 2.05) is 49.5 Å². The predicted molar refractivity (Wildman–Crippen MR) is 126 cm³/mol. The van der Waals surface area contributed by atoms with Crippen molar-refractivity contribution >= 4 is 39.1 Å². The topological polar surface area (TPSA) is 39.1 Å². The predicted octanol–water partition coefficient (Wildman–Crippen LogP) is 7.42. The number of nitrogens with zero attached hydrogens (tertiary/aromatic N) is 2. The lowest BCUT2D eigenvalue weighted by atomic mass is 9.95. The van der Waals surface area contributed by atoms with E-state index in [4.69, 9.17) is 32.9 Å². The molecule has 0 saturated heterocycles. The van der Waals surface area contributed by atoms with Gasteiger partial charge >= 0.3 is 0 Å². The van der Waals surface area contributed by atoms with Gasteiger partial charge in [0.1, 0.15) is 17.3 Å². The number of ether oxygens (including phenoxy) is 1. The summed E-state index contributed by atoms with van der Waals surface area (Å²) in [6.45, 7) is 8.40. The van der Waals surface area contributed by atoms with Crippen LogP contribution in [0.1, 0.15) is 38.4 Å². The molecule has 7 heteroatoms. The summed E-state index contributed by atoms with van der Waals surface area (Å²) in [7, 11) is 0. The minimum absolute atomic E-state index is 0.0910. The summed E-state index contributed by atoms with van der Waals surface area (Å²) in [5, 5.41) is 4.46. The first-order valence-electron chi connectivity index (χ1n) is 9.59. The van der Waals surface area contributed by atoms with Gasteiger partial charge in [0.2, 0.25) is 6.23 Å². The number of hydrogen-bond donors (Lipinski definition) is 1. The lowest BCUT2D eigenvalue weighted by molar-refractivity contribution is 0.0878. The lowest BCUT2D eigenvalue weighted by Gasteiger charge is -2.21. The van der Waals surface area contributed by atoms with Crippen molar-refractivity contribution in [2.75, 3.05) is 0 Å². The van der Waals surface area contributed by atoms with Gasteiger partial charge in [-0.05, 0) is 49.4 Å². The Morgan fingerprint density at radius 2 is 1.80 bits per heavy atom. The number of nitrogens with one attached hydrogen (secondary N) is 1. The Morgan fingerprint density at radius 3 is 2.40 bits per heavy atom. The van der Waals surface area contributed by atoms with E-state index in [0.29, 0.717) is 10.0 Å². The molecule has 1 aliphatic rings. The van der Waals surface area contributed by atoms with Crippen LogP contribution in [0.4, 0.5) is 0 Å². The van der Waals surface area contributed by atoms with E-state index in [1.165, 1.54) is 0 Å². The van der Waals surface area contributed by atoms with E-state index in [9.17, 15) is 0 Å². The first-order chi connectivity index (χ1) is 14.1. The molecule has 4 rings (SSSR count). The van der Waals surface area contributed by atoms with Crippen molar-refractivity contribution in [3.63, 3.8) is 0 Å².